The molecule has 0 radical (unpaired) electrons. The average Bonchev–Trinajstić information content (AvgIpc) is 3.45. The molecule has 1 saturated carbocycles. The largest absolute Gasteiger partial charge is 0.338 e. The summed E-state index contributed by atoms with van der Waals surface area (Å²) in [6.45, 7) is 2.01. The Bertz CT molecular complexity index is 1060. The van der Waals surface area contributed by atoms with Crippen LogP contribution < -0.4 is 5.56 Å². The second-order valence-corrected chi connectivity index (χ2v) is 9.67. The van der Waals surface area contributed by atoms with E-state index in [0.29, 0.717) is 11.6 Å². The van der Waals surface area contributed by atoms with Crippen LogP contribution in [-0.4, -0.2) is 19.7 Å². The maximum atomic E-state index is 13.6. The Morgan fingerprint density at radius 1 is 1.18 bits per heavy atom. The lowest BCUT2D eigenvalue weighted by molar-refractivity contribution is 0.385. The van der Waals surface area contributed by atoms with Crippen LogP contribution in [0.1, 0.15) is 73.6 Å². The van der Waals surface area contributed by atoms with Gasteiger partial charge in [0.05, 0.1) is 11.1 Å². The van der Waals surface area contributed by atoms with Gasteiger partial charge in [-0.05, 0) is 44.1 Å². The summed E-state index contributed by atoms with van der Waals surface area (Å²) in [6, 6.07) is 0.264. The zero-order chi connectivity index (χ0) is 19.1. The number of thiophene rings is 1. The standard InChI is InChI=1S/C20H24N4O2S2/c1-2-15-21-16(26-23-15)11-27-20-22-18-17(13-9-5-6-10-14(13)28-18)19(25)24(20)12-7-3-4-8-12/h12H,2-11H2,1H3. The normalized spacial score (nSPS) is 17.5. The van der Waals surface area contributed by atoms with E-state index in [9.17, 15) is 4.79 Å². The number of thioether (sulfide) groups is 1. The maximum Gasteiger partial charge on any atom is 0.263 e. The van der Waals surface area contributed by atoms with Gasteiger partial charge in [-0.3, -0.25) is 9.36 Å². The smallest absolute Gasteiger partial charge is 0.263 e. The van der Waals surface area contributed by atoms with Crippen LogP contribution in [0, 0.1) is 0 Å². The highest BCUT2D eigenvalue weighted by Gasteiger charge is 2.27. The van der Waals surface area contributed by atoms with Gasteiger partial charge < -0.3 is 4.52 Å². The Morgan fingerprint density at radius 3 is 2.79 bits per heavy atom. The number of aryl methyl sites for hydroxylation is 3. The molecule has 28 heavy (non-hydrogen) atoms. The van der Waals surface area contributed by atoms with Crippen molar-refractivity contribution in [3.63, 3.8) is 0 Å². The van der Waals surface area contributed by atoms with Crippen molar-refractivity contribution < 1.29 is 4.52 Å². The van der Waals surface area contributed by atoms with Crippen LogP contribution >= 0.6 is 23.1 Å². The van der Waals surface area contributed by atoms with E-state index in [1.54, 1.807) is 23.1 Å². The van der Waals surface area contributed by atoms with Gasteiger partial charge in [0.2, 0.25) is 5.89 Å². The molecule has 3 aromatic rings. The fourth-order valence-corrected chi connectivity index (χ4v) is 6.61. The molecule has 3 aromatic heterocycles. The van der Waals surface area contributed by atoms with Crippen molar-refractivity contribution in [2.75, 3.05) is 0 Å². The fourth-order valence-electron chi connectivity index (χ4n) is 4.40. The minimum Gasteiger partial charge on any atom is -0.338 e. The van der Waals surface area contributed by atoms with Crippen LogP contribution in [0.25, 0.3) is 10.2 Å². The first-order chi connectivity index (χ1) is 13.7. The van der Waals surface area contributed by atoms with E-state index < -0.39 is 0 Å². The third-order valence-corrected chi connectivity index (χ3v) is 7.95. The highest BCUT2D eigenvalue weighted by molar-refractivity contribution is 7.98. The molecule has 0 aromatic carbocycles. The summed E-state index contributed by atoms with van der Waals surface area (Å²) in [7, 11) is 0. The summed E-state index contributed by atoms with van der Waals surface area (Å²) in [5, 5.41) is 5.67. The molecule has 2 aliphatic rings. The van der Waals surface area contributed by atoms with E-state index in [1.165, 1.54) is 36.1 Å². The highest BCUT2D eigenvalue weighted by Crippen LogP contribution is 2.37. The van der Waals surface area contributed by atoms with Gasteiger partial charge in [0, 0.05) is 17.3 Å². The Hall–Kier alpha value is -1.67. The van der Waals surface area contributed by atoms with E-state index >= 15 is 0 Å². The van der Waals surface area contributed by atoms with Crippen molar-refractivity contribution in [3.8, 4) is 0 Å². The molecule has 0 N–H and O–H groups in total. The van der Waals surface area contributed by atoms with E-state index in [4.69, 9.17) is 9.51 Å². The van der Waals surface area contributed by atoms with Gasteiger partial charge in [0.15, 0.2) is 11.0 Å². The Labute approximate surface area is 171 Å². The molecule has 0 spiro atoms. The first-order valence-corrected chi connectivity index (χ1v) is 12.1. The molecule has 3 heterocycles. The first-order valence-electron chi connectivity index (χ1n) is 10.3. The summed E-state index contributed by atoms with van der Waals surface area (Å²) in [5.74, 6) is 1.86. The molecule has 1 fully saturated rings. The number of hydrogen-bond donors (Lipinski definition) is 0. The molecule has 0 atom stereocenters. The van der Waals surface area contributed by atoms with Crippen molar-refractivity contribution >= 4 is 33.3 Å². The molecule has 0 bridgehead atoms. The third kappa shape index (κ3) is 3.20. The number of aromatic nitrogens is 4. The molecule has 6 nitrogen and oxygen atoms in total. The summed E-state index contributed by atoms with van der Waals surface area (Å²) < 4.78 is 7.32. The van der Waals surface area contributed by atoms with Crippen molar-refractivity contribution in [3.05, 3.63) is 32.5 Å². The lowest BCUT2D eigenvalue weighted by Gasteiger charge is -2.18. The van der Waals surface area contributed by atoms with Crippen LogP contribution in [-0.2, 0) is 25.0 Å². The van der Waals surface area contributed by atoms with Gasteiger partial charge in [0.1, 0.15) is 4.83 Å². The quantitative estimate of drug-likeness (QED) is 0.444. The highest BCUT2D eigenvalue weighted by atomic mass is 32.2. The minimum atomic E-state index is 0.165. The monoisotopic (exact) mass is 416 g/mol. The molecule has 0 amide bonds. The van der Waals surface area contributed by atoms with Crippen molar-refractivity contribution in [1.29, 1.82) is 0 Å². The third-order valence-electron chi connectivity index (χ3n) is 5.83. The van der Waals surface area contributed by atoms with Gasteiger partial charge in [-0.2, -0.15) is 4.98 Å². The van der Waals surface area contributed by atoms with E-state index in [-0.39, 0.29) is 11.6 Å². The number of fused-ring (bicyclic) bond motifs is 3. The Morgan fingerprint density at radius 2 is 2.00 bits per heavy atom. The topological polar surface area (TPSA) is 73.8 Å². The summed E-state index contributed by atoms with van der Waals surface area (Å²) in [5.41, 5.74) is 1.44. The second kappa shape index (κ2) is 7.63. The number of hydrogen-bond acceptors (Lipinski definition) is 7. The lowest BCUT2D eigenvalue weighted by Crippen LogP contribution is -2.26. The van der Waals surface area contributed by atoms with Crippen molar-refractivity contribution in [1.82, 2.24) is 19.7 Å². The Balaban J connectivity index is 1.57. The SMILES string of the molecule is CCc1noc(CSc2nc3sc4c(c3c(=O)n2C2CCCC2)CCCC4)n1. The molecule has 148 valence electrons. The molecule has 0 aliphatic heterocycles. The van der Waals surface area contributed by atoms with Crippen LogP contribution in [0.2, 0.25) is 0 Å². The van der Waals surface area contributed by atoms with E-state index in [0.717, 1.165) is 53.3 Å². The van der Waals surface area contributed by atoms with E-state index in [1.807, 2.05) is 11.5 Å². The summed E-state index contributed by atoms with van der Waals surface area (Å²) in [4.78, 5) is 25.3. The van der Waals surface area contributed by atoms with Gasteiger partial charge in [-0.15, -0.1) is 11.3 Å². The summed E-state index contributed by atoms with van der Waals surface area (Å²) >= 11 is 3.27. The molecule has 5 rings (SSSR count). The average molecular weight is 417 g/mol. The second-order valence-electron chi connectivity index (χ2n) is 7.65. The number of rotatable bonds is 5. The van der Waals surface area contributed by atoms with Crippen molar-refractivity contribution in [2.45, 2.75) is 81.7 Å². The molecular weight excluding hydrogens is 392 g/mol. The van der Waals surface area contributed by atoms with Gasteiger partial charge in [0.25, 0.3) is 5.56 Å². The zero-order valence-corrected chi connectivity index (χ0v) is 17.7. The van der Waals surface area contributed by atoms with Crippen LogP contribution in [0.4, 0.5) is 0 Å². The maximum absolute atomic E-state index is 13.6. The minimum absolute atomic E-state index is 0.165. The molecular formula is C20H24N4O2S2. The zero-order valence-electron chi connectivity index (χ0n) is 16.1. The molecule has 8 heteroatoms. The predicted octanol–water partition coefficient (Wildman–Crippen LogP) is 4.69. The first kappa shape index (κ1) is 18.4. The Kier molecular flexibility index (Phi) is 5.00. The molecule has 0 saturated heterocycles. The van der Waals surface area contributed by atoms with Gasteiger partial charge >= 0.3 is 0 Å². The predicted molar refractivity (Wildman–Crippen MR) is 111 cm³/mol. The van der Waals surface area contributed by atoms with Crippen molar-refractivity contribution in [2.24, 2.45) is 0 Å². The fraction of sp³-hybridized carbons (Fsp3) is 0.600. The van der Waals surface area contributed by atoms with Gasteiger partial charge in [-0.1, -0.05) is 36.7 Å². The lowest BCUT2D eigenvalue weighted by atomic mass is 9.97. The van der Waals surface area contributed by atoms with Crippen LogP contribution in [0.15, 0.2) is 14.5 Å². The molecule has 2 aliphatic carbocycles. The van der Waals surface area contributed by atoms with Gasteiger partial charge in [-0.25, -0.2) is 4.98 Å². The molecule has 0 unspecified atom stereocenters. The number of nitrogens with zero attached hydrogens (tertiary/aromatic N) is 4. The van der Waals surface area contributed by atoms with E-state index in [2.05, 4.69) is 10.1 Å². The van der Waals surface area contributed by atoms with Crippen LogP contribution in [0.5, 0.6) is 0 Å². The summed E-state index contributed by atoms with van der Waals surface area (Å²) in [6.07, 6.45) is 9.75. The van der Waals surface area contributed by atoms with Crippen LogP contribution in [0.3, 0.4) is 0 Å².